The summed E-state index contributed by atoms with van der Waals surface area (Å²) in [6, 6.07) is 0. The Morgan fingerprint density at radius 2 is 2.36 bits per heavy atom. The zero-order valence-electron chi connectivity index (χ0n) is 8.44. The molecule has 1 fully saturated rings. The Hall–Kier alpha value is -0.900. The summed E-state index contributed by atoms with van der Waals surface area (Å²) in [5, 5.41) is 13.2. The topological polar surface area (TPSA) is 59.2 Å². The van der Waals surface area contributed by atoms with Crippen LogP contribution in [0.15, 0.2) is 4.52 Å². The van der Waals surface area contributed by atoms with Gasteiger partial charge in [-0.15, -0.1) is 0 Å². The molecular formula is C10H16N2O2. The van der Waals surface area contributed by atoms with Gasteiger partial charge in [0.1, 0.15) is 6.10 Å². The largest absolute Gasteiger partial charge is 0.385 e. The maximum absolute atomic E-state index is 9.46. The Labute approximate surface area is 83.3 Å². The van der Waals surface area contributed by atoms with Gasteiger partial charge in [-0.2, -0.15) is 4.98 Å². The lowest BCUT2D eigenvalue weighted by atomic mass is 9.83. The molecule has 4 nitrogen and oxygen atoms in total. The first kappa shape index (κ1) is 9.65. The summed E-state index contributed by atoms with van der Waals surface area (Å²) in [6.45, 7) is 1.90. The van der Waals surface area contributed by atoms with Gasteiger partial charge >= 0.3 is 0 Å². The molecule has 1 heterocycles. The van der Waals surface area contributed by atoms with Crippen molar-refractivity contribution >= 4 is 0 Å². The van der Waals surface area contributed by atoms with Crippen molar-refractivity contribution in [1.82, 2.24) is 10.1 Å². The Balaban J connectivity index is 1.94. The minimum absolute atomic E-state index is 0.432. The maximum Gasteiger partial charge on any atom is 0.227 e. The summed E-state index contributed by atoms with van der Waals surface area (Å²) in [5.74, 6) is 1.83. The highest BCUT2D eigenvalue weighted by atomic mass is 16.5. The highest BCUT2D eigenvalue weighted by Gasteiger charge is 2.21. The third-order valence-electron chi connectivity index (χ3n) is 2.86. The van der Waals surface area contributed by atoms with Gasteiger partial charge in [-0.05, 0) is 25.2 Å². The van der Waals surface area contributed by atoms with Gasteiger partial charge in [0.2, 0.25) is 5.89 Å². The molecule has 1 unspecified atom stereocenters. The van der Waals surface area contributed by atoms with Crippen LogP contribution in [-0.2, 0) is 6.42 Å². The predicted octanol–water partition coefficient (Wildman–Crippen LogP) is 1.86. The molecule has 2 rings (SSSR count). The van der Waals surface area contributed by atoms with E-state index < -0.39 is 6.10 Å². The SMILES string of the molecule is CCC(O)c1noc(CC2CCC2)n1. The molecule has 0 aliphatic heterocycles. The molecule has 0 spiro atoms. The molecule has 1 saturated carbocycles. The summed E-state index contributed by atoms with van der Waals surface area (Å²) >= 11 is 0. The van der Waals surface area contributed by atoms with Crippen LogP contribution in [0.2, 0.25) is 0 Å². The summed E-state index contributed by atoms with van der Waals surface area (Å²) < 4.78 is 5.07. The molecule has 0 saturated heterocycles. The molecule has 0 bridgehead atoms. The fourth-order valence-electron chi connectivity index (χ4n) is 1.61. The summed E-state index contributed by atoms with van der Waals surface area (Å²) in [7, 11) is 0. The molecule has 1 N–H and O–H groups in total. The first-order chi connectivity index (χ1) is 6.79. The van der Waals surface area contributed by atoms with E-state index in [1.807, 2.05) is 6.92 Å². The Kier molecular flexibility index (Phi) is 2.82. The van der Waals surface area contributed by atoms with Crippen molar-refractivity contribution in [3.8, 4) is 0 Å². The van der Waals surface area contributed by atoms with Crippen LogP contribution < -0.4 is 0 Å². The third-order valence-corrected chi connectivity index (χ3v) is 2.86. The molecule has 0 radical (unpaired) electrons. The van der Waals surface area contributed by atoms with Gasteiger partial charge in [0.05, 0.1) is 0 Å². The standard InChI is InChI=1S/C10H16N2O2/c1-2-8(13)10-11-9(14-12-10)6-7-4-3-5-7/h7-8,13H,2-6H2,1H3. The lowest BCUT2D eigenvalue weighted by Crippen LogP contribution is -2.13. The Bertz CT molecular complexity index is 294. The van der Waals surface area contributed by atoms with Crippen molar-refractivity contribution in [2.45, 2.75) is 45.1 Å². The first-order valence-electron chi connectivity index (χ1n) is 5.30. The smallest absolute Gasteiger partial charge is 0.227 e. The van der Waals surface area contributed by atoms with E-state index in [0.29, 0.717) is 18.1 Å². The second-order valence-corrected chi connectivity index (χ2v) is 3.97. The molecule has 14 heavy (non-hydrogen) atoms. The van der Waals surface area contributed by atoms with Crippen molar-refractivity contribution in [2.75, 3.05) is 0 Å². The van der Waals surface area contributed by atoms with E-state index >= 15 is 0 Å². The molecule has 0 amide bonds. The summed E-state index contributed by atoms with van der Waals surface area (Å²) in [5.41, 5.74) is 0. The molecule has 1 atom stereocenters. The van der Waals surface area contributed by atoms with E-state index in [2.05, 4.69) is 10.1 Å². The molecular weight excluding hydrogens is 180 g/mol. The van der Waals surface area contributed by atoms with Crippen molar-refractivity contribution in [1.29, 1.82) is 0 Å². The number of aliphatic hydroxyl groups excluding tert-OH is 1. The Morgan fingerprint density at radius 3 is 2.93 bits per heavy atom. The van der Waals surface area contributed by atoms with Crippen molar-refractivity contribution < 1.29 is 9.63 Å². The van der Waals surface area contributed by atoms with Crippen LogP contribution in [0.3, 0.4) is 0 Å². The molecule has 1 aliphatic carbocycles. The number of nitrogens with zero attached hydrogens (tertiary/aromatic N) is 2. The summed E-state index contributed by atoms with van der Waals surface area (Å²) in [6.07, 6.45) is 4.80. The van der Waals surface area contributed by atoms with E-state index in [9.17, 15) is 5.11 Å². The fraction of sp³-hybridized carbons (Fsp3) is 0.800. The van der Waals surface area contributed by atoms with Gasteiger partial charge in [0.15, 0.2) is 5.82 Å². The van der Waals surface area contributed by atoms with Gasteiger partial charge in [-0.25, -0.2) is 0 Å². The van der Waals surface area contributed by atoms with Gasteiger partial charge < -0.3 is 9.63 Å². The van der Waals surface area contributed by atoms with Crippen LogP contribution in [0.1, 0.15) is 50.4 Å². The van der Waals surface area contributed by atoms with Crippen LogP contribution in [0.25, 0.3) is 0 Å². The predicted molar refractivity (Wildman–Crippen MR) is 50.6 cm³/mol. The van der Waals surface area contributed by atoms with Crippen LogP contribution in [-0.4, -0.2) is 15.2 Å². The van der Waals surface area contributed by atoms with E-state index in [1.165, 1.54) is 19.3 Å². The fourth-order valence-corrected chi connectivity index (χ4v) is 1.61. The van der Waals surface area contributed by atoms with Gasteiger partial charge in [-0.1, -0.05) is 18.5 Å². The zero-order chi connectivity index (χ0) is 9.97. The molecule has 1 aromatic rings. The van der Waals surface area contributed by atoms with Crippen molar-refractivity contribution in [3.63, 3.8) is 0 Å². The van der Waals surface area contributed by atoms with Crippen LogP contribution in [0.5, 0.6) is 0 Å². The highest BCUT2D eigenvalue weighted by Crippen LogP contribution is 2.29. The second-order valence-electron chi connectivity index (χ2n) is 3.97. The van der Waals surface area contributed by atoms with Gasteiger partial charge in [0, 0.05) is 6.42 Å². The molecule has 78 valence electrons. The van der Waals surface area contributed by atoms with Crippen LogP contribution in [0, 0.1) is 5.92 Å². The number of hydrogen-bond donors (Lipinski definition) is 1. The minimum atomic E-state index is -0.575. The third kappa shape index (κ3) is 1.95. The number of aliphatic hydroxyl groups is 1. The van der Waals surface area contributed by atoms with Crippen molar-refractivity contribution in [2.24, 2.45) is 5.92 Å². The average Bonchev–Trinajstić information content (AvgIpc) is 2.58. The van der Waals surface area contributed by atoms with Crippen LogP contribution >= 0.6 is 0 Å². The second kappa shape index (κ2) is 4.09. The van der Waals surface area contributed by atoms with E-state index in [4.69, 9.17) is 4.52 Å². The lowest BCUT2D eigenvalue weighted by molar-refractivity contribution is 0.159. The molecule has 1 aromatic heterocycles. The van der Waals surface area contributed by atoms with E-state index in [0.717, 1.165) is 12.3 Å². The molecule has 1 aliphatic rings. The van der Waals surface area contributed by atoms with E-state index in [-0.39, 0.29) is 0 Å². The lowest BCUT2D eigenvalue weighted by Gasteiger charge is -2.23. The minimum Gasteiger partial charge on any atom is -0.385 e. The van der Waals surface area contributed by atoms with Gasteiger partial charge in [-0.3, -0.25) is 0 Å². The number of rotatable bonds is 4. The number of aromatic nitrogens is 2. The number of hydrogen-bond acceptors (Lipinski definition) is 4. The molecule has 4 heteroatoms. The van der Waals surface area contributed by atoms with E-state index in [1.54, 1.807) is 0 Å². The first-order valence-corrected chi connectivity index (χ1v) is 5.30. The monoisotopic (exact) mass is 196 g/mol. The van der Waals surface area contributed by atoms with Crippen molar-refractivity contribution in [3.05, 3.63) is 11.7 Å². The van der Waals surface area contributed by atoms with Crippen LogP contribution in [0.4, 0.5) is 0 Å². The van der Waals surface area contributed by atoms with Gasteiger partial charge in [0.25, 0.3) is 0 Å². The Morgan fingerprint density at radius 1 is 1.57 bits per heavy atom. The summed E-state index contributed by atoms with van der Waals surface area (Å²) in [4.78, 5) is 4.18. The quantitative estimate of drug-likeness (QED) is 0.798. The average molecular weight is 196 g/mol. The highest BCUT2D eigenvalue weighted by molar-refractivity contribution is 4.92. The molecule has 0 aromatic carbocycles. The zero-order valence-corrected chi connectivity index (χ0v) is 8.44. The maximum atomic E-state index is 9.46. The normalized spacial score (nSPS) is 19.3.